The summed E-state index contributed by atoms with van der Waals surface area (Å²) in [5.41, 5.74) is 2.69. The van der Waals surface area contributed by atoms with Crippen molar-refractivity contribution in [2.24, 2.45) is 0 Å². The molecule has 0 bridgehead atoms. The Balaban J connectivity index is 1.90. The zero-order valence-electron chi connectivity index (χ0n) is 13.1. The van der Waals surface area contributed by atoms with Crippen LogP contribution in [-0.4, -0.2) is 24.1 Å². The van der Waals surface area contributed by atoms with Crippen LogP contribution in [0.5, 0.6) is 0 Å². The molecule has 0 spiro atoms. The number of fused-ring (bicyclic) bond motifs is 1. The van der Waals surface area contributed by atoms with E-state index in [2.05, 4.69) is 33.5 Å². The molecule has 0 fully saturated rings. The van der Waals surface area contributed by atoms with Crippen LogP contribution in [0.3, 0.4) is 0 Å². The molecule has 3 aromatic rings. The van der Waals surface area contributed by atoms with E-state index in [0.29, 0.717) is 12.1 Å². The second-order valence-corrected chi connectivity index (χ2v) is 5.45. The van der Waals surface area contributed by atoms with Gasteiger partial charge in [-0.15, -0.1) is 0 Å². The molecule has 5 nitrogen and oxygen atoms in total. The first-order valence-corrected chi connectivity index (χ1v) is 7.33. The fraction of sp³-hybridized carbons (Fsp3) is 0.167. The zero-order chi connectivity index (χ0) is 16.2. The van der Waals surface area contributed by atoms with E-state index < -0.39 is 0 Å². The first-order chi connectivity index (χ1) is 11.2. The Hall–Kier alpha value is -3.13. The van der Waals surface area contributed by atoms with Crippen LogP contribution in [0.25, 0.3) is 10.9 Å². The zero-order valence-corrected chi connectivity index (χ0v) is 13.1. The lowest BCUT2D eigenvalue weighted by Crippen LogP contribution is -2.12. The Morgan fingerprint density at radius 2 is 2.00 bits per heavy atom. The van der Waals surface area contributed by atoms with Crippen LogP contribution in [0.15, 0.2) is 48.7 Å². The Morgan fingerprint density at radius 1 is 1.17 bits per heavy atom. The number of nitrogens with zero attached hydrogens (tertiary/aromatic N) is 4. The quantitative estimate of drug-likeness (QED) is 0.802. The van der Waals surface area contributed by atoms with Crippen LogP contribution >= 0.6 is 0 Å². The summed E-state index contributed by atoms with van der Waals surface area (Å²) in [7, 11) is 3.97. The summed E-state index contributed by atoms with van der Waals surface area (Å²) in [6, 6.07) is 15.8. The van der Waals surface area contributed by atoms with E-state index in [1.807, 2.05) is 43.3 Å². The van der Waals surface area contributed by atoms with Crippen molar-refractivity contribution in [1.29, 1.82) is 5.26 Å². The molecule has 23 heavy (non-hydrogen) atoms. The van der Waals surface area contributed by atoms with Gasteiger partial charge in [0, 0.05) is 32.2 Å². The highest BCUT2D eigenvalue weighted by molar-refractivity contribution is 5.84. The highest BCUT2D eigenvalue weighted by Gasteiger charge is 2.07. The molecule has 0 unspecified atom stereocenters. The van der Waals surface area contributed by atoms with Crippen molar-refractivity contribution in [2.75, 3.05) is 24.3 Å². The summed E-state index contributed by atoms with van der Waals surface area (Å²) < 4.78 is 0. The summed E-state index contributed by atoms with van der Waals surface area (Å²) in [5, 5.41) is 13.2. The van der Waals surface area contributed by atoms with Gasteiger partial charge in [-0.05, 0) is 29.8 Å². The Kier molecular flexibility index (Phi) is 4.07. The van der Waals surface area contributed by atoms with E-state index in [9.17, 15) is 0 Å². The molecule has 5 heteroatoms. The molecule has 3 rings (SSSR count). The minimum Gasteiger partial charge on any atom is -0.366 e. The summed E-state index contributed by atoms with van der Waals surface area (Å²) in [4.78, 5) is 10.9. The predicted molar refractivity (Wildman–Crippen MR) is 92.3 cm³/mol. The Bertz CT molecular complexity index is 863. The number of hydrogen-bond donors (Lipinski definition) is 1. The molecule has 0 radical (unpaired) electrons. The maximum Gasteiger partial charge on any atom is 0.129 e. The topological polar surface area (TPSA) is 64.8 Å². The molecule has 2 aromatic heterocycles. The highest BCUT2D eigenvalue weighted by atomic mass is 15.1. The average Bonchev–Trinajstić information content (AvgIpc) is 2.59. The van der Waals surface area contributed by atoms with Crippen LogP contribution in [0.1, 0.15) is 11.1 Å². The van der Waals surface area contributed by atoms with Crippen LogP contribution in [0, 0.1) is 11.3 Å². The van der Waals surface area contributed by atoms with Gasteiger partial charge in [0.05, 0.1) is 11.1 Å². The van der Waals surface area contributed by atoms with Crippen LogP contribution in [0.4, 0.5) is 11.6 Å². The van der Waals surface area contributed by atoms with Crippen LogP contribution in [-0.2, 0) is 6.54 Å². The lowest BCUT2D eigenvalue weighted by atomic mass is 10.1. The lowest BCUT2D eigenvalue weighted by Gasteiger charge is -2.15. The van der Waals surface area contributed by atoms with Crippen molar-refractivity contribution in [3.8, 4) is 6.07 Å². The highest BCUT2D eigenvalue weighted by Crippen LogP contribution is 2.22. The van der Waals surface area contributed by atoms with Gasteiger partial charge in [-0.2, -0.15) is 5.26 Å². The second-order valence-electron chi connectivity index (χ2n) is 5.45. The van der Waals surface area contributed by atoms with Crippen LogP contribution < -0.4 is 10.2 Å². The molecule has 0 saturated heterocycles. The lowest BCUT2D eigenvalue weighted by molar-refractivity contribution is 1.06. The Morgan fingerprint density at radius 3 is 2.70 bits per heavy atom. The third-order valence-corrected chi connectivity index (χ3v) is 3.60. The smallest absolute Gasteiger partial charge is 0.129 e. The van der Waals surface area contributed by atoms with Gasteiger partial charge in [0.2, 0.25) is 0 Å². The summed E-state index contributed by atoms with van der Waals surface area (Å²) in [6.07, 6.45) is 1.57. The molecule has 114 valence electrons. The molecule has 0 aliphatic carbocycles. The fourth-order valence-electron chi connectivity index (χ4n) is 2.36. The monoisotopic (exact) mass is 303 g/mol. The van der Waals surface area contributed by atoms with Gasteiger partial charge >= 0.3 is 0 Å². The summed E-state index contributed by atoms with van der Waals surface area (Å²) in [5.74, 6) is 1.67. The maximum absolute atomic E-state index is 8.82. The number of rotatable bonds is 4. The largest absolute Gasteiger partial charge is 0.366 e. The van der Waals surface area contributed by atoms with Gasteiger partial charge in [-0.25, -0.2) is 9.97 Å². The second kappa shape index (κ2) is 6.32. The van der Waals surface area contributed by atoms with Gasteiger partial charge in [-0.1, -0.05) is 18.2 Å². The van der Waals surface area contributed by atoms with E-state index >= 15 is 0 Å². The molecule has 0 aliphatic heterocycles. The standard InChI is InChI=1S/C18H17N5/c1-23(2)18-9-14(15-5-3-4-6-16(15)22-18)12-21-17-8-7-13(10-19)11-20-17/h3-9,11H,12H2,1-2H3,(H,20,21). The van der Waals surface area contributed by atoms with E-state index in [1.165, 1.54) is 0 Å². The molecule has 0 amide bonds. The number of anilines is 2. The van der Waals surface area contributed by atoms with Crippen molar-refractivity contribution in [3.63, 3.8) is 0 Å². The molecular weight excluding hydrogens is 286 g/mol. The van der Waals surface area contributed by atoms with Gasteiger partial charge < -0.3 is 10.2 Å². The third kappa shape index (κ3) is 3.22. The van der Waals surface area contributed by atoms with Gasteiger partial charge in [0.15, 0.2) is 0 Å². The van der Waals surface area contributed by atoms with E-state index in [1.54, 1.807) is 12.3 Å². The van der Waals surface area contributed by atoms with Gasteiger partial charge in [0.25, 0.3) is 0 Å². The molecule has 0 saturated carbocycles. The van der Waals surface area contributed by atoms with Crippen molar-refractivity contribution in [1.82, 2.24) is 9.97 Å². The SMILES string of the molecule is CN(C)c1cc(CNc2ccc(C#N)cn2)c2ccccc2n1. The van der Waals surface area contributed by atoms with Crippen molar-refractivity contribution < 1.29 is 0 Å². The third-order valence-electron chi connectivity index (χ3n) is 3.60. The van der Waals surface area contributed by atoms with Crippen molar-refractivity contribution in [2.45, 2.75) is 6.54 Å². The van der Waals surface area contributed by atoms with E-state index in [-0.39, 0.29) is 0 Å². The number of nitrogens with one attached hydrogen (secondary N) is 1. The first kappa shape index (κ1) is 14.8. The minimum absolute atomic E-state index is 0.555. The number of pyridine rings is 2. The van der Waals surface area contributed by atoms with E-state index in [0.717, 1.165) is 28.1 Å². The summed E-state index contributed by atoms with van der Waals surface area (Å²) in [6.45, 7) is 0.642. The predicted octanol–water partition coefficient (Wildman–Crippen LogP) is 3.18. The van der Waals surface area contributed by atoms with Crippen LogP contribution in [0.2, 0.25) is 0 Å². The maximum atomic E-state index is 8.82. The summed E-state index contributed by atoms with van der Waals surface area (Å²) >= 11 is 0. The number of aromatic nitrogens is 2. The molecule has 1 N–H and O–H groups in total. The van der Waals surface area contributed by atoms with Gasteiger partial charge in [0.1, 0.15) is 17.7 Å². The molecule has 2 heterocycles. The molecule has 0 atom stereocenters. The van der Waals surface area contributed by atoms with Gasteiger partial charge in [-0.3, -0.25) is 0 Å². The molecule has 1 aromatic carbocycles. The minimum atomic E-state index is 0.555. The fourth-order valence-corrected chi connectivity index (χ4v) is 2.36. The number of nitriles is 1. The van der Waals surface area contributed by atoms with Crippen molar-refractivity contribution >= 4 is 22.5 Å². The molecular formula is C18H17N5. The first-order valence-electron chi connectivity index (χ1n) is 7.33. The normalized spacial score (nSPS) is 10.3. The number of hydrogen-bond acceptors (Lipinski definition) is 5. The molecule has 0 aliphatic rings. The Labute approximate surface area is 135 Å². The average molecular weight is 303 g/mol. The van der Waals surface area contributed by atoms with Crippen molar-refractivity contribution in [3.05, 3.63) is 59.8 Å². The number of benzene rings is 1. The number of para-hydroxylation sites is 1. The van der Waals surface area contributed by atoms with E-state index in [4.69, 9.17) is 5.26 Å².